The van der Waals surface area contributed by atoms with Crippen molar-refractivity contribution in [3.05, 3.63) is 83.1 Å². The first kappa shape index (κ1) is 22.5. The van der Waals surface area contributed by atoms with Crippen molar-refractivity contribution in [2.75, 3.05) is 12.3 Å². The highest BCUT2D eigenvalue weighted by Crippen LogP contribution is 2.21. The number of rotatable bonds is 9. The maximum Gasteiger partial charge on any atom is 0.251 e. The van der Waals surface area contributed by atoms with Crippen LogP contribution in [0.25, 0.3) is 5.69 Å². The summed E-state index contributed by atoms with van der Waals surface area (Å²) in [5, 5.41) is 20.7. The van der Waals surface area contributed by atoms with Crippen molar-refractivity contribution in [2.24, 2.45) is 0 Å². The van der Waals surface area contributed by atoms with Crippen LogP contribution in [-0.2, 0) is 13.0 Å². The topological polar surface area (TPSA) is 145 Å². The number of anilines is 1. The fourth-order valence-electron chi connectivity index (χ4n) is 3.35. The first-order valence-electron chi connectivity index (χ1n) is 10.7. The van der Waals surface area contributed by atoms with Crippen LogP contribution in [-0.4, -0.2) is 32.4 Å². The summed E-state index contributed by atoms with van der Waals surface area (Å²) < 4.78 is 12.1. The average molecular weight is 457 g/mol. The molecule has 0 aliphatic carbocycles. The molecule has 172 valence electrons. The molecule has 2 heterocycles. The molecule has 0 radical (unpaired) electrons. The van der Waals surface area contributed by atoms with Gasteiger partial charge in [-0.2, -0.15) is 15.3 Å². The van der Waals surface area contributed by atoms with Gasteiger partial charge in [0.05, 0.1) is 11.4 Å². The Labute approximate surface area is 196 Å². The van der Waals surface area contributed by atoms with Crippen LogP contribution >= 0.6 is 0 Å². The van der Waals surface area contributed by atoms with Crippen LogP contribution in [0.2, 0.25) is 0 Å². The number of carbonyl (C=O) groups excluding carboxylic acids is 1. The second-order valence-electron chi connectivity index (χ2n) is 7.47. The SMILES string of the molecule is Cc1nc(COc2ccc(C(=O)NCCCc3nn(-c4ccccc4)c(N)c3C#N)cc2)no1. The van der Waals surface area contributed by atoms with Crippen LogP contribution in [0.5, 0.6) is 5.75 Å². The van der Waals surface area contributed by atoms with E-state index in [0.29, 0.717) is 59.5 Å². The lowest BCUT2D eigenvalue weighted by Gasteiger charge is -2.07. The fraction of sp³-hybridized carbons (Fsp3) is 0.208. The van der Waals surface area contributed by atoms with E-state index in [1.165, 1.54) is 0 Å². The van der Waals surface area contributed by atoms with E-state index < -0.39 is 0 Å². The Morgan fingerprint density at radius 1 is 1.21 bits per heavy atom. The first-order valence-corrected chi connectivity index (χ1v) is 10.7. The highest BCUT2D eigenvalue weighted by Gasteiger charge is 2.16. The van der Waals surface area contributed by atoms with Crippen LogP contribution in [0.4, 0.5) is 5.82 Å². The first-order chi connectivity index (χ1) is 16.5. The molecule has 0 aliphatic heterocycles. The molecule has 34 heavy (non-hydrogen) atoms. The molecule has 2 aromatic carbocycles. The summed E-state index contributed by atoms with van der Waals surface area (Å²) in [6, 6.07) is 18.3. The third kappa shape index (κ3) is 5.21. The molecule has 0 aliphatic rings. The number of para-hydroxylation sites is 1. The maximum atomic E-state index is 12.4. The average Bonchev–Trinajstić information content (AvgIpc) is 3.43. The number of hydrogen-bond donors (Lipinski definition) is 2. The van der Waals surface area contributed by atoms with Crippen molar-refractivity contribution in [1.82, 2.24) is 25.2 Å². The third-order valence-corrected chi connectivity index (χ3v) is 5.04. The zero-order chi connectivity index (χ0) is 23.9. The molecule has 0 fully saturated rings. The number of amides is 1. The van der Waals surface area contributed by atoms with Gasteiger partial charge in [0.25, 0.3) is 5.91 Å². The summed E-state index contributed by atoms with van der Waals surface area (Å²) in [6.45, 7) is 2.31. The molecule has 10 heteroatoms. The second kappa shape index (κ2) is 10.3. The number of ether oxygens (including phenoxy) is 1. The van der Waals surface area contributed by atoms with Gasteiger partial charge in [0.2, 0.25) is 11.7 Å². The van der Waals surface area contributed by atoms with Crippen molar-refractivity contribution in [2.45, 2.75) is 26.4 Å². The third-order valence-electron chi connectivity index (χ3n) is 5.04. The lowest BCUT2D eigenvalue weighted by atomic mass is 10.1. The van der Waals surface area contributed by atoms with Gasteiger partial charge in [0.15, 0.2) is 6.61 Å². The normalized spacial score (nSPS) is 10.6. The molecule has 0 spiro atoms. The standard InChI is InChI=1S/C24H23N7O3/c1-16-28-22(30-34-16)15-33-19-11-9-17(10-12-19)24(32)27-13-5-8-21-20(14-25)23(26)31(29-21)18-6-3-2-4-7-18/h2-4,6-7,9-12H,5,8,13,15,26H2,1H3,(H,27,32). The van der Waals surface area contributed by atoms with Gasteiger partial charge in [0.1, 0.15) is 23.2 Å². The maximum absolute atomic E-state index is 12.4. The van der Waals surface area contributed by atoms with E-state index in [0.717, 1.165) is 5.69 Å². The van der Waals surface area contributed by atoms with Gasteiger partial charge in [-0.15, -0.1) is 0 Å². The number of nitrogens with zero attached hydrogens (tertiary/aromatic N) is 5. The quantitative estimate of drug-likeness (QED) is 0.365. The minimum atomic E-state index is -0.199. The van der Waals surface area contributed by atoms with Gasteiger partial charge >= 0.3 is 0 Å². The molecule has 4 aromatic rings. The van der Waals surface area contributed by atoms with Crippen LogP contribution < -0.4 is 15.8 Å². The van der Waals surface area contributed by atoms with Crippen molar-refractivity contribution < 1.29 is 14.1 Å². The minimum Gasteiger partial charge on any atom is -0.485 e. The molecule has 4 rings (SSSR count). The van der Waals surface area contributed by atoms with E-state index in [1.54, 1.807) is 35.9 Å². The van der Waals surface area contributed by atoms with E-state index >= 15 is 0 Å². The smallest absolute Gasteiger partial charge is 0.251 e. The molecule has 0 unspecified atom stereocenters. The number of hydrogen-bond acceptors (Lipinski definition) is 8. The Hall–Kier alpha value is -4.65. The summed E-state index contributed by atoms with van der Waals surface area (Å²) in [5.41, 5.74) is 8.40. The van der Waals surface area contributed by atoms with Crippen LogP contribution in [0, 0.1) is 18.3 Å². The largest absolute Gasteiger partial charge is 0.485 e. The highest BCUT2D eigenvalue weighted by atomic mass is 16.5. The van der Waals surface area contributed by atoms with Gasteiger partial charge in [-0.3, -0.25) is 4.79 Å². The summed E-state index contributed by atoms with van der Waals surface area (Å²) in [7, 11) is 0. The number of carbonyl (C=O) groups is 1. The molecule has 2 aromatic heterocycles. The summed E-state index contributed by atoms with van der Waals surface area (Å²) in [5.74, 6) is 1.63. The Morgan fingerprint density at radius 3 is 2.65 bits per heavy atom. The minimum absolute atomic E-state index is 0.179. The number of nitrogens with two attached hydrogens (primary N) is 1. The Kier molecular flexibility index (Phi) is 6.84. The lowest BCUT2D eigenvalue weighted by molar-refractivity contribution is 0.0953. The summed E-state index contributed by atoms with van der Waals surface area (Å²) >= 11 is 0. The highest BCUT2D eigenvalue weighted by molar-refractivity contribution is 5.94. The molecule has 3 N–H and O–H groups in total. The van der Waals surface area contributed by atoms with Gasteiger partial charge in [0, 0.05) is 19.0 Å². The Bertz CT molecular complexity index is 1300. The molecule has 0 bridgehead atoms. The van der Waals surface area contributed by atoms with Gasteiger partial charge < -0.3 is 20.3 Å². The number of aromatic nitrogens is 4. The number of nitrogen functional groups attached to an aromatic ring is 1. The molecule has 0 saturated carbocycles. The zero-order valence-corrected chi connectivity index (χ0v) is 18.6. The molecule has 10 nitrogen and oxygen atoms in total. The summed E-state index contributed by atoms with van der Waals surface area (Å²) in [4.78, 5) is 16.5. The lowest BCUT2D eigenvalue weighted by Crippen LogP contribution is -2.24. The van der Waals surface area contributed by atoms with Gasteiger partial charge in [-0.1, -0.05) is 23.4 Å². The number of aryl methyl sites for hydroxylation is 2. The number of nitrogens with one attached hydrogen (secondary N) is 1. The zero-order valence-electron chi connectivity index (χ0n) is 18.6. The number of benzene rings is 2. The monoisotopic (exact) mass is 457 g/mol. The Balaban J connectivity index is 1.28. The van der Waals surface area contributed by atoms with Crippen molar-refractivity contribution in [3.63, 3.8) is 0 Å². The van der Waals surface area contributed by atoms with Crippen molar-refractivity contribution in [3.8, 4) is 17.5 Å². The van der Waals surface area contributed by atoms with Crippen LogP contribution in [0.15, 0.2) is 59.1 Å². The molecular weight excluding hydrogens is 434 g/mol. The van der Waals surface area contributed by atoms with Crippen LogP contribution in [0.3, 0.4) is 0 Å². The van der Waals surface area contributed by atoms with E-state index in [4.69, 9.17) is 15.0 Å². The number of nitriles is 1. The predicted molar refractivity (Wildman–Crippen MR) is 123 cm³/mol. The van der Waals surface area contributed by atoms with E-state index in [1.807, 2.05) is 30.3 Å². The van der Waals surface area contributed by atoms with E-state index in [-0.39, 0.29) is 12.5 Å². The predicted octanol–water partition coefficient (Wildman–Crippen LogP) is 2.96. The molecular formula is C24H23N7O3. The Morgan fingerprint density at radius 2 is 1.97 bits per heavy atom. The summed E-state index contributed by atoms with van der Waals surface area (Å²) in [6.07, 6.45) is 1.12. The molecule has 1 amide bonds. The van der Waals surface area contributed by atoms with E-state index in [9.17, 15) is 10.1 Å². The molecule has 0 atom stereocenters. The van der Waals surface area contributed by atoms with E-state index in [2.05, 4.69) is 26.6 Å². The second-order valence-corrected chi connectivity index (χ2v) is 7.47. The van der Waals surface area contributed by atoms with Crippen molar-refractivity contribution >= 4 is 11.7 Å². The van der Waals surface area contributed by atoms with Gasteiger partial charge in [-0.25, -0.2) is 4.68 Å². The molecule has 0 saturated heterocycles. The fourth-order valence-corrected chi connectivity index (χ4v) is 3.35. The van der Waals surface area contributed by atoms with Crippen LogP contribution in [0.1, 0.15) is 39.8 Å². The van der Waals surface area contributed by atoms with Crippen molar-refractivity contribution in [1.29, 1.82) is 5.26 Å². The van der Waals surface area contributed by atoms with Gasteiger partial charge in [-0.05, 0) is 49.2 Å².